The second kappa shape index (κ2) is 4.53. The monoisotopic (exact) mass is 195 g/mol. The van der Waals surface area contributed by atoms with Gasteiger partial charge in [-0.1, -0.05) is 0 Å². The molecule has 1 amide bonds. The van der Waals surface area contributed by atoms with Crippen LogP contribution in [0.1, 0.15) is 12.8 Å². The van der Waals surface area contributed by atoms with Gasteiger partial charge in [-0.05, 0) is 6.42 Å². The molecular weight excluding hydrogens is 182 g/mol. The Morgan fingerprint density at radius 1 is 1.33 bits per heavy atom. The summed E-state index contributed by atoms with van der Waals surface area (Å²) >= 11 is 0. The molecule has 0 aromatic rings. The Kier molecular flexibility index (Phi) is 4.35. The van der Waals surface area contributed by atoms with Crippen LogP contribution in [-0.2, 0) is 4.79 Å². The Labute approximate surface area is 71.2 Å². The molecule has 0 aliphatic carbocycles. The van der Waals surface area contributed by atoms with Gasteiger partial charge >= 0.3 is 9.05 Å². The summed E-state index contributed by atoms with van der Waals surface area (Å²) in [7, 11) is -2.77. The maximum atomic E-state index is 10.5. The van der Waals surface area contributed by atoms with E-state index in [9.17, 15) is 4.79 Å². The first kappa shape index (κ1) is 11.5. The van der Waals surface area contributed by atoms with E-state index in [2.05, 4.69) is 0 Å². The van der Waals surface area contributed by atoms with Crippen LogP contribution in [0.15, 0.2) is 0 Å². The highest BCUT2D eigenvalue weighted by atomic mass is 28.4. The van der Waals surface area contributed by atoms with Crippen molar-refractivity contribution in [3.05, 3.63) is 0 Å². The zero-order valence-corrected chi connectivity index (χ0v) is 7.77. The van der Waals surface area contributed by atoms with E-state index in [1.54, 1.807) is 4.90 Å². The molecule has 4 N–H and O–H groups in total. The summed E-state index contributed by atoms with van der Waals surface area (Å²) < 4.78 is 0. The molecular formula is C5H13NO5Si. The fourth-order valence-corrected chi connectivity index (χ4v) is 0.783. The Bertz CT molecular complexity index is 150. The Hall–Kier alpha value is -0.473. The van der Waals surface area contributed by atoms with Crippen molar-refractivity contribution in [2.45, 2.75) is 12.8 Å². The summed E-state index contributed by atoms with van der Waals surface area (Å²) in [6.07, 6.45) is 1.81. The molecule has 6 nitrogen and oxygen atoms in total. The van der Waals surface area contributed by atoms with Gasteiger partial charge in [0.15, 0.2) is 0 Å². The van der Waals surface area contributed by atoms with Crippen molar-refractivity contribution in [2.24, 2.45) is 0 Å². The standard InChI is InChI=1S/C5H9NO.H4O4Si/c1-6-4-2-3-5(6)7;1-5(2,3)4/h2-4H2,1H3;1-4H. The Morgan fingerprint density at radius 3 is 1.83 bits per heavy atom. The van der Waals surface area contributed by atoms with Gasteiger partial charge in [-0.25, -0.2) is 0 Å². The van der Waals surface area contributed by atoms with E-state index in [0.29, 0.717) is 5.91 Å². The third-order valence-electron chi connectivity index (χ3n) is 1.31. The van der Waals surface area contributed by atoms with Gasteiger partial charge in [0.1, 0.15) is 0 Å². The maximum absolute atomic E-state index is 10.5. The highest BCUT2D eigenvalue weighted by molar-refractivity contribution is 6.46. The van der Waals surface area contributed by atoms with E-state index in [-0.39, 0.29) is 0 Å². The molecule has 0 radical (unpaired) electrons. The molecule has 0 saturated carbocycles. The highest BCUT2D eigenvalue weighted by Gasteiger charge is 2.22. The minimum atomic E-state index is -4.61. The summed E-state index contributed by atoms with van der Waals surface area (Å²) in [4.78, 5) is 41.6. The van der Waals surface area contributed by atoms with E-state index >= 15 is 0 Å². The van der Waals surface area contributed by atoms with Crippen molar-refractivity contribution >= 4 is 15.0 Å². The Balaban J connectivity index is 0.000000217. The molecule has 7 heteroatoms. The van der Waals surface area contributed by atoms with E-state index in [0.717, 1.165) is 19.4 Å². The van der Waals surface area contributed by atoms with Crippen molar-refractivity contribution in [1.29, 1.82) is 0 Å². The first-order valence-corrected chi connectivity index (χ1v) is 5.23. The molecule has 0 unspecified atom stereocenters. The van der Waals surface area contributed by atoms with Crippen LogP contribution in [0, 0.1) is 0 Å². The number of carbonyl (C=O) groups is 1. The molecule has 12 heavy (non-hydrogen) atoms. The van der Waals surface area contributed by atoms with E-state index in [4.69, 9.17) is 19.2 Å². The molecule has 1 aliphatic rings. The molecule has 0 atom stereocenters. The fraction of sp³-hybridized carbons (Fsp3) is 0.800. The number of hydrogen-bond acceptors (Lipinski definition) is 5. The van der Waals surface area contributed by atoms with Gasteiger partial charge in [-0.15, -0.1) is 0 Å². The molecule has 1 fully saturated rings. The Morgan fingerprint density at radius 2 is 1.75 bits per heavy atom. The largest absolute Gasteiger partial charge is 0.668 e. The van der Waals surface area contributed by atoms with Gasteiger partial charge in [0.25, 0.3) is 0 Å². The van der Waals surface area contributed by atoms with Crippen molar-refractivity contribution < 1.29 is 24.0 Å². The lowest BCUT2D eigenvalue weighted by Gasteiger charge is -2.03. The van der Waals surface area contributed by atoms with Gasteiger partial charge in [0, 0.05) is 20.0 Å². The molecule has 1 saturated heterocycles. The quantitative estimate of drug-likeness (QED) is 0.324. The van der Waals surface area contributed by atoms with Crippen LogP contribution in [0.5, 0.6) is 0 Å². The topological polar surface area (TPSA) is 101 Å². The zero-order chi connectivity index (χ0) is 9.78. The number of amides is 1. The molecule has 1 heterocycles. The van der Waals surface area contributed by atoms with Crippen LogP contribution < -0.4 is 0 Å². The average molecular weight is 195 g/mol. The second-order valence-electron chi connectivity index (χ2n) is 2.52. The molecule has 1 aliphatic heterocycles. The van der Waals surface area contributed by atoms with Crippen molar-refractivity contribution in [2.75, 3.05) is 13.6 Å². The third kappa shape index (κ3) is 7.63. The molecule has 0 bridgehead atoms. The molecule has 0 spiro atoms. The van der Waals surface area contributed by atoms with Crippen molar-refractivity contribution in [3.63, 3.8) is 0 Å². The molecule has 1 rings (SSSR count). The molecule has 0 aromatic heterocycles. The van der Waals surface area contributed by atoms with Crippen LogP contribution in [0.25, 0.3) is 0 Å². The average Bonchev–Trinajstić information content (AvgIpc) is 2.12. The summed E-state index contributed by atoms with van der Waals surface area (Å²) in [5.41, 5.74) is 0. The van der Waals surface area contributed by atoms with Crippen molar-refractivity contribution in [3.8, 4) is 0 Å². The fourth-order valence-electron chi connectivity index (χ4n) is 0.783. The summed E-state index contributed by atoms with van der Waals surface area (Å²) in [6, 6.07) is 0. The van der Waals surface area contributed by atoms with Crippen LogP contribution in [-0.4, -0.2) is 52.6 Å². The minimum Gasteiger partial charge on any atom is -0.368 e. The van der Waals surface area contributed by atoms with Crippen LogP contribution in [0.2, 0.25) is 0 Å². The third-order valence-corrected chi connectivity index (χ3v) is 1.31. The van der Waals surface area contributed by atoms with Gasteiger partial charge in [0.05, 0.1) is 0 Å². The number of carbonyl (C=O) groups excluding carboxylic acids is 1. The number of hydrogen-bond donors (Lipinski definition) is 4. The number of nitrogens with zero attached hydrogens (tertiary/aromatic N) is 1. The highest BCUT2D eigenvalue weighted by Crippen LogP contribution is 2.04. The van der Waals surface area contributed by atoms with Gasteiger partial charge < -0.3 is 24.1 Å². The summed E-state index contributed by atoms with van der Waals surface area (Å²) in [5.74, 6) is 0.292. The predicted molar refractivity (Wildman–Crippen MR) is 41.5 cm³/mol. The second-order valence-corrected chi connectivity index (χ2v) is 3.72. The van der Waals surface area contributed by atoms with Crippen LogP contribution in [0.4, 0.5) is 0 Å². The first-order chi connectivity index (χ1) is 5.30. The summed E-state index contributed by atoms with van der Waals surface area (Å²) in [6.45, 7) is 0.957. The molecule has 72 valence electrons. The van der Waals surface area contributed by atoms with Crippen LogP contribution >= 0.6 is 0 Å². The first-order valence-electron chi connectivity index (χ1n) is 3.44. The SMILES string of the molecule is CN1CCCC1=O.O[Si](O)(O)O. The zero-order valence-electron chi connectivity index (χ0n) is 6.77. The lowest BCUT2D eigenvalue weighted by molar-refractivity contribution is -0.126. The van der Waals surface area contributed by atoms with E-state index < -0.39 is 9.05 Å². The lowest BCUT2D eigenvalue weighted by atomic mass is 10.4. The minimum absolute atomic E-state index is 0.292. The van der Waals surface area contributed by atoms with Gasteiger partial charge in [-0.2, -0.15) is 0 Å². The summed E-state index contributed by atoms with van der Waals surface area (Å²) in [5, 5.41) is 0. The maximum Gasteiger partial charge on any atom is 0.668 e. The van der Waals surface area contributed by atoms with Gasteiger partial charge in [-0.3, -0.25) is 4.79 Å². The van der Waals surface area contributed by atoms with E-state index in [1.165, 1.54) is 0 Å². The normalized spacial score (nSPS) is 17.4. The van der Waals surface area contributed by atoms with E-state index in [1.807, 2.05) is 7.05 Å². The predicted octanol–water partition coefficient (Wildman–Crippen LogP) is -2.37. The van der Waals surface area contributed by atoms with Crippen molar-refractivity contribution in [1.82, 2.24) is 4.90 Å². The molecule has 0 aromatic carbocycles. The number of likely N-dealkylation sites (tertiary alicyclic amines) is 1. The van der Waals surface area contributed by atoms with Gasteiger partial charge in [0.2, 0.25) is 5.91 Å². The lowest BCUT2D eigenvalue weighted by Crippen LogP contribution is -2.33. The smallest absolute Gasteiger partial charge is 0.368 e. The van der Waals surface area contributed by atoms with Crippen LogP contribution in [0.3, 0.4) is 0 Å². The number of rotatable bonds is 0.